The first-order valence-corrected chi connectivity index (χ1v) is 11.8. The van der Waals surface area contributed by atoms with Crippen molar-refractivity contribution in [2.45, 2.75) is 30.6 Å². The number of ether oxygens (including phenoxy) is 2. The molecule has 0 fully saturated rings. The molecule has 0 aliphatic carbocycles. The van der Waals surface area contributed by atoms with Crippen LogP contribution in [-0.2, 0) is 14.8 Å². The summed E-state index contributed by atoms with van der Waals surface area (Å²) in [7, 11) is 1.84. The van der Waals surface area contributed by atoms with Crippen LogP contribution < -0.4 is 9.04 Å². The van der Waals surface area contributed by atoms with Gasteiger partial charge < -0.3 is 14.4 Å². The van der Waals surface area contributed by atoms with Crippen molar-refractivity contribution in [3.8, 4) is 5.75 Å². The Morgan fingerprint density at radius 2 is 1.47 bits per heavy atom. The molecule has 0 saturated carbocycles. The van der Waals surface area contributed by atoms with Crippen LogP contribution in [0.1, 0.15) is 25.7 Å². The first-order valence-electron chi connectivity index (χ1n) is 10.4. The average Bonchev–Trinajstić information content (AvgIpc) is 2.77. The molecule has 0 N–H and O–H groups in total. The van der Waals surface area contributed by atoms with Crippen molar-refractivity contribution in [2.75, 3.05) is 51.8 Å². The quantitative estimate of drug-likeness (QED) is 0.420. The molecular formula is C23H34N2O4S. The van der Waals surface area contributed by atoms with Crippen LogP contribution in [0.2, 0.25) is 0 Å². The molecule has 0 amide bonds. The number of nitrogens with zero attached hydrogens (tertiary/aromatic N) is 2. The van der Waals surface area contributed by atoms with Crippen LogP contribution in [-0.4, -0.2) is 60.8 Å². The van der Waals surface area contributed by atoms with Gasteiger partial charge in [0.25, 0.3) is 10.0 Å². The lowest BCUT2D eigenvalue weighted by Gasteiger charge is -2.19. The molecule has 0 unspecified atom stereocenters. The zero-order valence-electron chi connectivity index (χ0n) is 18.3. The predicted octanol–water partition coefficient (Wildman–Crippen LogP) is 4.03. The Morgan fingerprint density at radius 3 is 2.13 bits per heavy atom. The molecule has 0 saturated heterocycles. The maximum absolute atomic E-state index is 12.7. The van der Waals surface area contributed by atoms with Crippen molar-refractivity contribution in [3.05, 3.63) is 54.6 Å². The lowest BCUT2D eigenvalue weighted by molar-refractivity contribution is 0.160. The summed E-state index contributed by atoms with van der Waals surface area (Å²) in [6.45, 7) is 3.50. The van der Waals surface area contributed by atoms with Gasteiger partial charge in [-0.15, -0.1) is 0 Å². The molecule has 30 heavy (non-hydrogen) atoms. The van der Waals surface area contributed by atoms with Gasteiger partial charge in [0.2, 0.25) is 0 Å². The Morgan fingerprint density at radius 1 is 0.800 bits per heavy atom. The van der Waals surface area contributed by atoms with Gasteiger partial charge in [0, 0.05) is 20.7 Å². The van der Waals surface area contributed by atoms with Crippen molar-refractivity contribution in [1.82, 2.24) is 4.90 Å². The fourth-order valence-corrected chi connectivity index (χ4v) is 4.24. The largest absolute Gasteiger partial charge is 0.494 e. The van der Waals surface area contributed by atoms with Gasteiger partial charge in [-0.25, -0.2) is 8.42 Å². The lowest BCUT2D eigenvalue weighted by atomic mass is 10.2. The number of anilines is 1. The van der Waals surface area contributed by atoms with Crippen molar-refractivity contribution in [3.63, 3.8) is 0 Å². The van der Waals surface area contributed by atoms with E-state index in [0.717, 1.165) is 38.3 Å². The minimum atomic E-state index is -3.56. The van der Waals surface area contributed by atoms with E-state index in [1.54, 1.807) is 56.6 Å². The third kappa shape index (κ3) is 7.63. The van der Waals surface area contributed by atoms with E-state index in [2.05, 4.69) is 11.9 Å². The van der Waals surface area contributed by atoms with Crippen LogP contribution >= 0.6 is 0 Å². The molecule has 2 aromatic rings. The second kappa shape index (κ2) is 12.6. The molecule has 2 rings (SSSR count). The van der Waals surface area contributed by atoms with E-state index >= 15 is 0 Å². The summed E-state index contributed by atoms with van der Waals surface area (Å²) in [5.74, 6) is 0.753. The van der Waals surface area contributed by atoms with Crippen LogP contribution in [0.4, 0.5) is 5.69 Å². The highest BCUT2D eigenvalue weighted by Gasteiger charge is 2.20. The summed E-state index contributed by atoms with van der Waals surface area (Å²) in [5, 5.41) is 0. The first kappa shape index (κ1) is 24.2. The summed E-state index contributed by atoms with van der Waals surface area (Å²) in [6.07, 6.45) is 4.50. The third-order valence-electron chi connectivity index (χ3n) is 4.98. The summed E-state index contributed by atoms with van der Waals surface area (Å²) in [4.78, 5) is 2.56. The van der Waals surface area contributed by atoms with Gasteiger partial charge in [-0.05, 0) is 62.8 Å². The third-order valence-corrected chi connectivity index (χ3v) is 6.78. The van der Waals surface area contributed by atoms with Gasteiger partial charge in [0.15, 0.2) is 0 Å². The molecule has 6 nitrogen and oxygen atoms in total. The lowest BCUT2D eigenvalue weighted by Crippen LogP contribution is -2.26. The second-order valence-corrected chi connectivity index (χ2v) is 9.31. The van der Waals surface area contributed by atoms with E-state index in [4.69, 9.17) is 9.47 Å². The van der Waals surface area contributed by atoms with E-state index in [1.165, 1.54) is 17.1 Å². The molecule has 0 heterocycles. The molecule has 0 bridgehead atoms. The van der Waals surface area contributed by atoms with Gasteiger partial charge in [-0.2, -0.15) is 0 Å². The monoisotopic (exact) mass is 434 g/mol. The SMILES string of the molecule is COCCN(C)CCCCCCOc1ccc(N(C)S(=O)(=O)c2ccccc2)cc1. The normalized spacial score (nSPS) is 11.6. The average molecular weight is 435 g/mol. The van der Waals surface area contributed by atoms with Crippen molar-refractivity contribution < 1.29 is 17.9 Å². The maximum Gasteiger partial charge on any atom is 0.264 e. The fourth-order valence-electron chi connectivity index (χ4n) is 3.03. The Bertz CT molecular complexity index is 826. The molecule has 0 radical (unpaired) electrons. The smallest absolute Gasteiger partial charge is 0.264 e. The number of hydrogen-bond donors (Lipinski definition) is 0. The van der Waals surface area contributed by atoms with E-state index in [0.29, 0.717) is 12.3 Å². The minimum Gasteiger partial charge on any atom is -0.494 e. The first-order chi connectivity index (χ1) is 14.4. The zero-order valence-corrected chi connectivity index (χ0v) is 19.1. The van der Waals surface area contributed by atoms with Crippen LogP contribution in [0.15, 0.2) is 59.5 Å². The number of likely N-dealkylation sites (N-methyl/N-ethyl adjacent to an activating group) is 1. The molecule has 0 atom stereocenters. The molecule has 166 valence electrons. The van der Waals surface area contributed by atoms with Crippen molar-refractivity contribution in [1.29, 1.82) is 0 Å². The summed E-state index contributed by atoms with van der Waals surface area (Å²) in [5.41, 5.74) is 0.601. The van der Waals surface area contributed by atoms with Gasteiger partial charge in [-0.3, -0.25) is 4.31 Å². The Kier molecular flexibility index (Phi) is 10.1. The van der Waals surface area contributed by atoms with Gasteiger partial charge in [0.1, 0.15) is 5.75 Å². The molecule has 2 aromatic carbocycles. The van der Waals surface area contributed by atoms with Crippen LogP contribution in [0.5, 0.6) is 5.75 Å². The summed E-state index contributed by atoms with van der Waals surface area (Å²) in [6, 6.07) is 15.6. The highest BCUT2D eigenvalue weighted by Crippen LogP contribution is 2.24. The van der Waals surface area contributed by atoms with Gasteiger partial charge >= 0.3 is 0 Å². The summed E-state index contributed by atoms with van der Waals surface area (Å²) >= 11 is 0. The number of rotatable bonds is 14. The Balaban J connectivity index is 1.71. The molecule has 0 aliphatic heterocycles. The standard InChI is InChI=1S/C23H34N2O4S/c1-24(18-20-28-3)17-9-4-5-10-19-29-22-15-13-21(14-16-22)25(2)30(26,27)23-11-7-6-8-12-23/h6-8,11-16H,4-5,9-10,17-20H2,1-3H3. The van der Waals surface area contributed by atoms with Crippen molar-refractivity contribution in [2.24, 2.45) is 0 Å². The maximum atomic E-state index is 12.7. The molecule has 7 heteroatoms. The predicted molar refractivity (Wildman–Crippen MR) is 122 cm³/mol. The van der Waals surface area contributed by atoms with E-state index in [1.807, 2.05) is 12.1 Å². The van der Waals surface area contributed by atoms with Gasteiger partial charge in [0.05, 0.1) is 23.8 Å². The fraction of sp³-hybridized carbons (Fsp3) is 0.478. The van der Waals surface area contributed by atoms with E-state index < -0.39 is 10.0 Å². The van der Waals surface area contributed by atoms with Crippen molar-refractivity contribution >= 4 is 15.7 Å². The highest BCUT2D eigenvalue weighted by molar-refractivity contribution is 7.92. The molecule has 0 spiro atoms. The van der Waals surface area contributed by atoms with E-state index in [9.17, 15) is 8.42 Å². The zero-order chi connectivity index (χ0) is 21.8. The Labute approximate surface area is 181 Å². The van der Waals surface area contributed by atoms with Crippen LogP contribution in [0.25, 0.3) is 0 Å². The van der Waals surface area contributed by atoms with Crippen LogP contribution in [0.3, 0.4) is 0 Å². The topological polar surface area (TPSA) is 59.1 Å². The number of sulfonamides is 1. The highest BCUT2D eigenvalue weighted by atomic mass is 32.2. The van der Waals surface area contributed by atoms with E-state index in [-0.39, 0.29) is 4.90 Å². The van der Waals surface area contributed by atoms with Crippen LogP contribution in [0, 0.1) is 0 Å². The minimum absolute atomic E-state index is 0.276. The van der Waals surface area contributed by atoms with Gasteiger partial charge in [-0.1, -0.05) is 31.0 Å². The molecule has 0 aliphatic rings. The number of unbranched alkanes of at least 4 members (excludes halogenated alkanes) is 3. The number of methoxy groups -OCH3 is 1. The second-order valence-electron chi connectivity index (χ2n) is 7.34. The molecular weight excluding hydrogens is 400 g/mol. The number of benzene rings is 2. The molecule has 0 aromatic heterocycles. The Hall–Kier alpha value is -2.09. The number of hydrogen-bond acceptors (Lipinski definition) is 5. The summed E-state index contributed by atoms with van der Waals surface area (Å²) < 4.78 is 37.6.